The van der Waals surface area contributed by atoms with Crippen LogP contribution >= 0.6 is 0 Å². The van der Waals surface area contributed by atoms with E-state index >= 15 is 0 Å². The highest BCUT2D eigenvalue weighted by atomic mass is 16.2. The van der Waals surface area contributed by atoms with Gasteiger partial charge in [0.2, 0.25) is 0 Å². The molecular weight excluding hydrogens is 202 g/mol. The molecule has 0 fully saturated rings. The van der Waals surface area contributed by atoms with Crippen molar-refractivity contribution in [3.8, 4) is 11.1 Å². The molecule has 0 aliphatic carbocycles. The molecule has 3 N–H and O–H groups in total. The summed E-state index contributed by atoms with van der Waals surface area (Å²) in [5, 5.41) is 12.9. The molecule has 4 nitrogen and oxygen atoms in total. The number of aryl methyl sites for hydroxylation is 1. The maximum Gasteiger partial charge on any atom is 0.129 e. The molecule has 0 unspecified atom stereocenters. The van der Waals surface area contributed by atoms with Gasteiger partial charge in [-0.3, -0.25) is 4.68 Å². The summed E-state index contributed by atoms with van der Waals surface area (Å²) in [5.41, 5.74) is 9.00. The molecule has 84 valence electrons. The van der Waals surface area contributed by atoms with E-state index in [4.69, 9.17) is 10.8 Å². The smallest absolute Gasteiger partial charge is 0.129 e. The fraction of sp³-hybridized carbons (Fsp3) is 0.250. The lowest BCUT2D eigenvalue weighted by atomic mass is 10.1. The molecule has 2 rings (SSSR count). The molecule has 0 saturated heterocycles. The molecule has 0 bridgehead atoms. The van der Waals surface area contributed by atoms with Gasteiger partial charge in [0.25, 0.3) is 0 Å². The van der Waals surface area contributed by atoms with Crippen LogP contribution in [0, 0.1) is 0 Å². The second kappa shape index (κ2) is 4.37. The molecule has 1 aromatic heterocycles. The molecule has 0 aliphatic heterocycles. The average Bonchev–Trinajstić information content (AvgIpc) is 2.62. The van der Waals surface area contributed by atoms with E-state index < -0.39 is 0 Å². The molecule has 2 aromatic rings. The Labute approximate surface area is 94.3 Å². The predicted octanol–water partition coefficient (Wildman–Crippen LogP) is 1.20. The maximum atomic E-state index is 8.82. The van der Waals surface area contributed by atoms with Gasteiger partial charge in [-0.1, -0.05) is 24.3 Å². The summed E-state index contributed by atoms with van der Waals surface area (Å²) in [6.45, 7) is 0.175. The van der Waals surface area contributed by atoms with E-state index in [1.807, 2.05) is 31.3 Å². The predicted molar refractivity (Wildman–Crippen MR) is 63.8 cm³/mol. The highest BCUT2D eigenvalue weighted by Crippen LogP contribution is 2.25. The molecule has 1 heterocycles. The van der Waals surface area contributed by atoms with Crippen molar-refractivity contribution in [1.82, 2.24) is 9.78 Å². The van der Waals surface area contributed by atoms with Crippen LogP contribution in [0.15, 0.2) is 30.5 Å². The molecule has 0 aliphatic rings. The summed E-state index contributed by atoms with van der Waals surface area (Å²) < 4.78 is 1.65. The van der Waals surface area contributed by atoms with Gasteiger partial charge in [0, 0.05) is 19.2 Å². The Morgan fingerprint density at radius 2 is 2.00 bits per heavy atom. The van der Waals surface area contributed by atoms with Gasteiger partial charge < -0.3 is 10.8 Å². The normalized spacial score (nSPS) is 10.6. The number of rotatable bonds is 3. The number of nitrogens with two attached hydrogens (primary N) is 1. The Bertz CT molecular complexity index is 474. The number of nitrogens with zero attached hydrogens (tertiary/aromatic N) is 2. The Kier molecular flexibility index (Phi) is 2.92. The first-order valence-electron chi connectivity index (χ1n) is 5.20. The van der Waals surface area contributed by atoms with Gasteiger partial charge in [0.05, 0.1) is 6.20 Å². The Hall–Kier alpha value is -1.81. The fourth-order valence-electron chi connectivity index (χ4n) is 1.65. The van der Waals surface area contributed by atoms with E-state index in [-0.39, 0.29) is 6.61 Å². The van der Waals surface area contributed by atoms with Gasteiger partial charge in [0.15, 0.2) is 0 Å². The highest BCUT2D eigenvalue weighted by molar-refractivity contribution is 5.73. The van der Waals surface area contributed by atoms with Gasteiger partial charge >= 0.3 is 0 Å². The number of hydrogen-bond acceptors (Lipinski definition) is 3. The summed E-state index contributed by atoms with van der Waals surface area (Å²) >= 11 is 0. The lowest BCUT2D eigenvalue weighted by Gasteiger charge is -2.02. The Morgan fingerprint density at radius 3 is 2.50 bits per heavy atom. The molecule has 0 amide bonds. The van der Waals surface area contributed by atoms with Crippen LogP contribution in [0.4, 0.5) is 5.82 Å². The number of nitrogen functional groups attached to an aromatic ring is 1. The van der Waals surface area contributed by atoms with E-state index in [0.29, 0.717) is 12.2 Å². The summed E-state index contributed by atoms with van der Waals surface area (Å²) in [5.74, 6) is 0.662. The van der Waals surface area contributed by atoms with Crippen molar-refractivity contribution in [2.24, 2.45) is 7.05 Å². The molecule has 0 spiro atoms. The quantitative estimate of drug-likeness (QED) is 0.812. The first-order valence-corrected chi connectivity index (χ1v) is 5.20. The number of anilines is 1. The number of aliphatic hydroxyl groups excluding tert-OH is 1. The zero-order chi connectivity index (χ0) is 11.5. The summed E-state index contributed by atoms with van der Waals surface area (Å²) in [6, 6.07) is 7.99. The second-order valence-electron chi connectivity index (χ2n) is 3.74. The molecule has 0 saturated carbocycles. The van der Waals surface area contributed by atoms with Crippen molar-refractivity contribution in [2.45, 2.75) is 6.42 Å². The SMILES string of the molecule is Cn1ncc(-c2ccc(CCO)cc2)c1N. The fourth-order valence-corrected chi connectivity index (χ4v) is 1.65. The lowest BCUT2D eigenvalue weighted by Crippen LogP contribution is -1.98. The summed E-state index contributed by atoms with van der Waals surface area (Å²) in [4.78, 5) is 0. The van der Waals surface area contributed by atoms with Crippen molar-refractivity contribution in [3.63, 3.8) is 0 Å². The second-order valence-corrected chi connectivity index (χ2v) is 3.74. The first kappa shape index (κ1) is 10.7. The van der Waals surface area contributed by atoms with Gasteiger partial charge in [-0.05, 0) is 17.5 Å². The summed E-state index contributed by atoms with van der Waals surface area (Å²) in [6.07, 6.45) is 2.44. The van der Waals surface area contributed by atoms with Crippen molar-refractivity contribution in [1.29, 1.82) is 0 Å². The monoisotopic (exact) mass is 217 g/mol. The van der Waals surface area contributed by atoms with Crippen LogP contribution in [0.25, 0.3) is 11.1 Å². The topological polar surface area (TPSA) is 64.1 Å². The number of aliphatic hydroxyl groups is 1. The Balaban J connectivity index is 2.31. The third-order valence-corrected chi connectivity index (χ3v) is 2.65. The van der Waals surface area contributed by atoms with Crippen LogP contribution in [-0.2, 0) is 13.5 Å². The minimum atomic E-state index is 0.175. The van der Waals surface area contributed by atoms with Crippen LogP contribution in [0.2, 0.25) is 0 Å². The van der Waals surface area contributed by atoms with Gasteiger partial charge in [-0.2, -0.15) is 5.10 Å². The van der Waals surface area contributed by atoms with Crippen LogP contribution in [0.3, 0.4) is 0 Å². The third-order valence-electron chi connectivity index (χ3n) is 2.65. The van der Waals surface area contributed by atoms with Crippen molar-refractivity contribution in [2.75, 3.05) is 12.3 Å². The highest BCUT2D eigenvalue weighted by Gasteiger charge is 2.06. The van der Waals surface area contributed by atoms with Crippen molar-refractivity contribution < 1.29 is 5.11 Å². The van der Waals surface area contributed by atoms with Gasteiger partial charge in [0.1, 0.15) is 5.82 Å². The van der Waals surface area contributed by atoms with E-state index in [2.05, 4.69) is 5.10 Å². The number of hydrogen-bond donors (Lipinski definition) is 2. The number of aromatic nitrogens is 2. The van der Waals surface area contributed by atoms with Crippen LogP contribution in [0.1, 0.15) is 5.56 Å². The standard InChI is InChI=1S/C12H15N3O/c1-15-12(13)11(8-14-15)10-4-2-9(3-5-10)6-7-16/h2-5,8,16H,6-7,13H2,1H3. The van der Waals surface area contributed by atoms with E-state index in [0.717, 1.165) is 16.7 Å². The molecule has 16 heavy (non-hydrogen) atoms. The molecule has 0 radical (unpaired) electrons. The van der Waals surface area contributed by atoms with Gasteiger partial charge in [-0.15, -0.1) is 0 Å². The zero-order valence-electron chi connectivity index (χ0n) is 9.22. The van der Waals surface area contributed by atoms with E-state index in [9.17, 15) is 0 Å². The lowest BCUT2D eigenvalue weighted by molar-refractivity contribution is 0.299. The van der Waals surface area contributed by atoms with Crippen molar-refractivity contribution >= 4 is 5.82 Å². The van der Waals surface area contributed by atoms with Crippen LogP contribution < -0.4 is 5.73 Å². The van der Waals surface area contributed by atoms with Crippen LogP contribution in [0.5, 0.6) is 0 Å². The number of benzene rings is 1. The zero-order valence-corrected chi connectivity index (χ0v) is 9.22. The third kappa shape index (κ3) is 1.92. The maximum absolute atomic E-state index is 8.82. The Morgan fingerprint density at radius 1 is 1.31 bits per heavy atom. The average molecular weight is 217 g/mol. The molecule has 0 atom stereocenters. The van der Waals surface area contributed by atoms with Crippen LogP contribution in [-0.4, -0.2) is 21.5 Å². The van der Waals surface area contributed by atoms with Gasteiger partial charge in [-0.25, -0.2) is 0 Å². The first-order chi connectivity index (χ1) is 7.72. The van der Waals surface area contributed by atoms with E-state index in [1.165, 1.54) is 0 Å². The minimum absolute atomic E-state index is 0.175. The largest absolute Gasteiger partial charge is 0.396 e. The minimum Gasteiger partial charge on any atom is -0.396 e. The molecule has 1 aromatic carbocycles. The summed E-state index contributed by atoms with van der Waals surface area (Å²) in [7, 11) is 1.82. The molecule has 4 heteroatoms. The molecular formula is C12H15N3O. The van der Waals surface area contributed by atoms with Crippen molar-refractivity contribution in [3.05, 3.63) is 36.0 Å². The van der Waals surface area contributed by atoms with E-state index in [1.54, 1.807) is 10.9 Å².